The third-order valence-corrected chi connectivity index (χ3v) is 6.97. The number of hydrogen-bond donors (Lipinski definition) is 5. The number of nitrogens with one attached hydrogen (secondary N) is 3. The number of hydrogen-bond acceptors (Lipinski definition) is 9. The molecule has 1 amide bonds. The largest absolute Gasteiger partial charge is 0.444 e. The van der Waals surface area contributed by atoms with E-state index in [-0.39, 0.29) is 12.1 Å². The van der Waals surface area contributed by atoms with Crippen molar-refractivity contribution in [2.45, 2.75) is 108 Å². The molecule has 0 bridgehead atoms. The van der Waals surface area contributed by atoms with Crippen molar-refractivity contribution in [3.63, 3.8) is 0 Å². The number of nitrogens with zero attached hydrogens (tertiary/aromatic N) is 2. The van der Waals surface area contributed by atoms with Crippen LogP contribution in [-0.2, 0) is 4.74 Å². The quantitative estimate of drug-likeness (QED) is 0.143. The maximum atomic E-state index is 12.5. The molecule has 7 N–H and O–H groups in total. The number of amides is 1. The third-order valence-electron chi connectivity index (χ3n) is 6.27. The van der Waals surface area contributed by atoms with Crippen molar-refractivity contribution < 1.29 is 9.53 Å². The fourth-order valence-corrected chi connectivity index (χ4v) is 5.15. The van der Waals surface area contributed by atoms with Crippen LogP contribution in [0.5, 0.6) is 0 Å². The molecular formula is C26H49N7O2S. The van der Waals surface area contributed by atoms with Crippen LogP contribution in [0.15, 0.2) is 23.1 Å². The molecule has 2 unspecified atom stereocenters. The molecule has 1 saturated carbocycles. The van der Waals surface area contributed by atoms with Gasteiger partial charge in [-0.15, -0.1) is 0 Å². The van der Waals surface area contributed by atoms with E-state index in [1.54, 1.807) is 22.0 Å². The van der Waals surface area contributed by atoms with Crippen LogP contribution in [0.4, 0.5) is 10.5 Å². The van der Waals surface area contributed by atoms with E-state index < -0.39 is 11.8 Å². The zero-order chi connectivity index (χ0) is 26.7. The first-order valence-electron chi connectivity index (χ1n) is 13.4. The van der Waals surface area contributed by atoms with Crippen LogP contribution < -0.4 is 27.0 Å². The minimum absolute atomic E-state index is 0.0584. The Kier molecular flexibility index (Phi) is 12.8. The molecule has 36 heavy (non-hydrogen) atoms. The molecule has 10 heteroatoms. The highest BCUT2D eigenvalue weighted by Crippen LogP contribution is 2.29. The molecule has 0 radical (unpaired) electrons. The first-order chi connectivity index (χ1) is 17.2. The fraction of sp³-hybridized carbons (Fsp3) is 0.731. The van der Waals surface area contributed by atoms with Crippen LogP contribution in [0.1, 0.15) is 91.3 Å². The van der Waals surface area contributed by atoms with Crippen molar-refractivity contribution in [1.82, 2.24) is 20.2 Å². The molecule has 1 heterocycles. The number of benzene rings is 1. The Morgan fingerprint density at radius 1 is 1.17 bits per heavy atom. The predicted molar refractivity (Wildman–Crippen MR) is 150 cm³/mol. The highest BCUT2D eigenvalue weighted by molar-refractivity contribution is 7.97. The molecule has 206 valence electrons. The van der Waals surface area contributed by atoms with E-state index in [9.17, 15) is 4.79 Å². The van der Waals surface area contributed by atoms with E-state index in [2.05, 4.69) is 33.7 Å². The minimum Gasteiger partial charge on any atom is -0.444 e. The Balaban J connectivity index is 0.00000222. The van der Waals surface area contributed by atoms with Gasteiger partial charge in [-0.2, -0.15) is 5.12 Å². The molecule has 2 aliphatic rings. The number of likely N-dealkylation sites (tertiary alicyclic amines) is 1. The van der Waals surface area contributed by atoms with Gasteiger partial charge < -0.3 is 20.7 Å². The summed E-state index contributed by atoms with van der Waals surface area (Å²) in [6.45, 7) is 10.8. The second-order valence-corrected chi connectivity index (χ2v) is 11.4. The Morgan fingerprint density at radius 2 is 1.86 bits per heavy atom. The highest BCUT2D eigenvalue weighted by atomic mass is 32.2. The summed E-state index contributed by atoms with van der Waals surface area (Å²) < 4.78 is 8.67. The van der Waals surface area contributed by atoms with Crippen molar-refractivity contribution in [2.75, 3.05) is 25.5 Å². The highest BCUT2D eigenvalue weighted by Gasteiger charge is 2.30. The monoisotopic (exact) mass is 523 g/mol. The minimum atomic E-state index is -0.523. The number of hydrazine groups is 2. The molecule has 1 aliphatic carbocycles. The first kappa shape index (κ1) is 30.7. The summed E-state index contributed by atoms with van der Waals surface area (Å²) in [5, 5.41) is 5.29. The van der Waals surface area contributed by atoms with Crippen LogP contribution in [0.2, 0.25) is 0 Å². The van der Waals surface area contributed by atoms with Crippen LogP contribution in [0.25, 0.3) is 0 Å². The van der Waals surface area contributed by atoms with Gasteiger partial charge in [-0.05, 0) is 83.6 Å². The maximum absolute atomic E-state index is 12.5. The Bertz CT molecular complexity index is 799. The lowest BCUT2D eigenvalue weighted by molar-refractivity contribution is 0.000954. The number of piperidine rings is 1. The van der Waals surface area contributed by atoms with Gasteiger partial charge in [-0.25, -0.2) is 10.2 Å². The van der Waals surface area contributed by atoms with Crippen molar-refractivity contribution in [1.29, 1.82) is 0 Å². The number of anilines is 1. The van der Waals surface area contributed by atoms with Gasteiger partial charge in [0.05, 0.1) is 12.2 Å². The summed E-state index contributed by atoms with van der Waals surface area (Å²) >= 11 is 1.55. The molecule has 9 nitrogen and oxygen atoms in total. The van der Waals surface area contributed by atoms with Gasteiger partial charge in [-0.1, -0.05) is 33.1 Å². The SMILES string of the molecule is CC.CNSc1ccc(NC2CCCCC2)c(C(N)NN(N)C2CCCN(C(=O)OC(C)(C)C)C2)c1. The summed E-state index contributed by atoms with van der Waals surface area (Å²) in [6.07, 6.45) is 7.13. The van der Waals surface area contributed by atoms with E-state index in [1.165, 1.54) is 32.1 Å². The van der Waals surface area contributed by atoms with Crippen molar-refractivity contribution >= 4 is 23.7 Å². The average Bonchev–Trinajstić information content (AvgIpc) is 2.86. The molecule has 0 aromatic heterocycles. The summed E-state index contributed by atoms with van der Waals surface area (Å²) in [4.78, 5) is 15.4. The van der Waals surface area contributed by atoms with Crippen LogP contribution >= 0.6 is 11.9 Å². The summed E-state index contributed by atoms with van der Waals surface area (Å²) in [6, 6.07) is 6.72. The number of carbonyl (C=O) groups is 1. The van der Waals surface area contributed by atoms with Crippen LogP contribution in [0, 0.1) is 0 Å². The van der Waals surface area contributed by atoms with Gasteiger partial charge in [0.1, 0.15) is 5.60 Å². The number of carbonyl (C=O) groups excluding carboxylic acids is 1. The zero-order valence-electron chi connectivity index (χ0n) is 23.1. The van der Waals surface area contributed by atoms with Gasteiger partial charge in [-0.3, -0.25) is 10.6 Å². The molecule has 1 aromatic rings. The fourth-order valence-electron chi connectivity index (χ4n) is 4.59. The molecule has 1 aliphatic heterocycles. The molecule has 2 atom stereocenters. The lowest BCUT2D eigenvalue weighted by Crippen LogP contribution is -2.59. The van der Waals surface area contributed by atoms with Crippen molar-refractivity contribution in [3.05, 3.63) is 23.8 Å². The lowest BCUT2D eigenvalue weighted by atomic mass is 9.95. The van der Waals surface area contributed by atoms with Crippen molar-refractivity contribution in [2.24, 2.45) is 11.6 Å². The Labute approximate surface area is 222 Å². The first-order valence-corrected chi connectivity index (χ1v) is 14.3. The summed E-state index contributed by atoms with van der Waals surface area (Å²) in [5.74, 6) is 6.43. The number of nitrogens with two attached hydrogens (primary N) is 2. The number of rotatable bonds is 8. The summed E-state index contributed by atoms with van der Waals surface area (Å²) in [7, 11) is 1.90. The van der Waals surface area contributed by atoms with Crippen LogP contribution in [0.3, 0.4) is 0 Å². The Hall–Kier alpha value is -1.56. The second kappa shape index (κ2) is 15.0. The van der Waals surface area contributed by atoms with E-state index in [0.717, 1.165) is 29.0 Å². The lowest BCUT2D eigenvalue weighted by Gasteiger charge is -2.38. The summed E-state index contributed by atoms with van der Waals surface area (Å²) in [5.41, 5.74) is 11.4. The van der Waals surface area contributed by atoms with Gasteiger partial charge in [0.15, 0.2) is 0 Å². The smallest absolute Gasteiger partial charge is 0.410 e. The van der Waals surface area contributed by atoms with Gasteiger partial charge >= 0.3 is 6.09 Å². The second-order valence-electron chi connectivity index (χ2n) is 10.3. The average molecular weight is 524 g/mol. The van der Waals surface area contributed by atoms with E-state index in [4.69, 9.17) is 16.3 Å². The third kappa shape index (κ3) is 9.72. The van der Waals surface area contributed by atoms with E-state index >= 15 is 0 Å². The predicted octanol–water partition coefficient (Wildman–Crippen LogP) is 4.72. The Morgan fingerprint density at radius 3 is 2.50 bits per heavy atom. The molecule has 2 fully saturated rings. The topological polar surface area (TPSA) is 121 Å². The van der Waals surface area contributed by atoms with Gasteiger partial charge in [0, 0.05) is 35.3 Å². The normalized spacial score (nSPS) is 19.9. The maximum Gasteiger partial charge on any atom is 0.410 e. The van der Waals surface area contributed by atoms with E-state index in [0.29, 0.717) is 19.1 Å². The zero-order valence-corrected chi connectivity index (χ0v) is 23.9. The molecular weight excluding hydrogens is 474 g/mol. The van der Waals surface area contributed by atoms with Gasteiger partial charge in [0.2, 0.25) is 0 Å². The van der Waals surface area contributed by atoms with Crippen LogP contribution in [-0.4, -0.2) is 53.9 Å². The molecule has 0 spiro atoms. The molecule has 3 rings (SSSR count). The van der Waals surface area contributed by atoms with E-state index in [1.807, 2.05) is 41.7 Å². The standard InChI is InChI=1S/C24H43N7O2S.C2H6/c1-24(2,3)33-23(32)30-14-8-11-18(16-30)31(26)29-22(25)20-15-19(34-27-4)12-13-21(20)28-17-9-6-5-7-10-17;1-2/h12-13,15,17-18,22,27-29H,5-11,14,16,25-26H2,1-4H3;1-2H3. The van der Waals surface area contributed by atoms with Crippen molar-refractivity contribution in [3.8, 4) is 0 Å². The molecule has 1 saturated heterocycles. The van der Waals surface area contributed by atoms with Gasteiger partial charge in [0.25, 0.3) is 0 Å². The number of ether oxygens (including phenoxy) is 1. The molecule has 1 aromatic carbocycles.